The molecule has 0 aliphatic heterocycles. The largest absolute Gasteiger partial charge is 0.428 e. The molecule has 1 aromatic carbocycles. The van der Waals surface area contributed by atoms with E-state index in [0.29, 0.717) is 12.2 Å². The Balaban J connectivity index is 2.22. The van der Waals surface area contributed by atoms with Crippen LogP contribution in [0.1, 0.15) is 18.3 Å². The Hall–Kier alpha value is -1.83. The van der Waals surface area contributed by atoms with Gasteiger partial charge >= 0.3 is 6.18 Å². The van der Waals surface area contributed by atoms with Crippen molar-refractivity contribution >= 4 is 17.2 Å². The quantitative estimate of drug-likeness (QED) is 0.879. The van der Waals surface area contributed by atoms with E-state index in [1.807, 2.05) is 6.92 Å². The number of nitrogens with zero attached hydrogens (tertiary/aromatic N) is 2. The Morgan fingerprint density at radius 2 is 2.11 bits per heavy atom. The van der Waals surface area contributed by atoms with E-state index in [0.717, 1.165) is 23.7 Å². The van der Waals surface area contributed by atoms with Gasteiger partial charge in [0.05, 0.1) is 11.3 Å². The minimum Gasteiger partial charge on any atom is -0.428 e. The van der Waals surface area contributed by atoms with Crippen LogP contribution in [0.2, 0.25) is 0 Å². The fourth-order valence-electron chi connectivity index (χ4n) is 1.33. The zero-order chi connectivity index (χ0) is 14.0. The van der Waals surface area contributed by atoms with Gasteiger partial charge in [-0.25, -0.2) is 0 Å². The monoisotopic (exact) mass is 289 g/mol. The van der Waals surface area contributed by atoms with E-state index >= 15 is 0 Å². The number of anilines is 1. The van der Waals surface area contributed by atoms with Crippen molar-refractivity contribution in [3.05, 3.63) is 29.6 Å². The lowest BCUT2D eigenvalue weighted by Gasteiger charge is -2.10. The number of hydrogen-bond acceptors (Lipinski definition) is 5. The molecular formula is C11H10F3N3OS. The number of nitrogen functional groups attached to an aromatic ring is 1. The van der Waals surface area contributed by atoms with Crippen molar-refractivity contribution < 1.29 is 17.9 Å². The Morgan fingerprint density at radius 1 is 1.37 bits per heavy atom. The maximum Gasteiger partial charge on any atom is 0.416 e. The smallest absolute Gasteiger partial charge is 0.416 e. The Labute approximate surface area is 111 Å². The fourth-order valence-corrected chi connectivity index (χ4v) is 1.96. The van der Waals surface area contributed by atoms with Crippen molar-refractivity contribution in [3.8, 4) is 10.9 Å². The highest BCUT2D eigenvalue weighted by molar-refractivity contribution is 7.07. The molecule has 1 aromatic heterocycles. The summed E-state index contributed by atoms with van der Waals surface area (Å²) in [7, 11) is 0. The molecule has 1 heterocycles. The third-order valence-corrected chi connectivity index (χ3v) is 2.93. The van der Waals surface area contributed by atoms with Gasteiger partial charge in [-0.15, -0.1) is 0 Å². The number of nitrogens with two attached hydrogens (primary N) is 1. The van der Waals surface area contributed by atoms with E-state index in [9.17, 15) is 13.2 Å². The topological polar surface area (TPSA) is 61.0 Å². The van der Waals surface area contributed by atoms with Crippen LogP contribution >= 0.6 is 11.5 Å². The van der Waals surface area contributed by atoms with Crippen LogP contribution in [0.25, 0.3) is 0 Å². The Kier molecular flexibility index (Phi) is 3.61. The normalized spacial score (nSPS) is 11.6. The first kappa shape index (κ1) is 13.6. The van der Waals surface area contributed by atoms with Gasteiger partial charge in [-0.05, 0) is 18.2 Å². The summed E-state index contributed by atoms with van der Waals surface area (Å²) in [6, 6.07) is 2.91. The van der Waals surface area contributed by atoms with Gasteiger partial charge < -0.3 is 10.5 Å². The summed E-state index contributed by atoms with van der Waals surface area (Å²) in [5.74, 6) is 0.747. The summed E-state index contributed by atoms with van der Waals surface area (Å²) in [6.45, 7) is 1.89. The molecule has 2 rings (SSSR count). The van der Waals surface area contributed by atoms with Crippen molar-refractivity contribution in [1.82, 2.24) is 9.36 Å². The number of ether oxygens (including phenoxy) is 1. The van der Waals surface area contributed by atoms with E-state index in [1.165, 1.54) is 6.07 Å². The molecule has 0 spiro atoms. The minimum absolute atomic E-state index is 0.0944. The molecule has 0 saturated heterocycles. The highest BCUT2D eigenvalue weighted by Gasteiger charge is 2.31. The lowest BCUT2D eigenvalue weighted by Crippen LogP contribution is -2.05. The standard InChI is InChI=1S/C11H10F3N3OS/c1-2-9-16-10(19-17-9)18-8-4-3-6(5-7(8)15)11(12,13)14/h3-5H,2,15H2,1H3. The third kappa shape index (κ3) is 3.14. The second-order valence-corrected chi connectivity index (χ2v) is 4.40. The van der Waals surface area contributed by atoms with Crippen LogP contribution in [0.3, 0.4) is 0 Å². The first-order valence-corrected chi connectivity index (χ1v) is 6.14. The first-order valence-electron chi connectivity index (χ1n) is 5.37. The maximum absolute atomic E-state index is 12.5. The summed E-state index contributed by atoms with van der Waals surface area (Å²) in [6.07, 6.45) is -3.77. The van der Waals surface area contributed by atoms with Crippen molar-refractivity contribution in [1.29, 1.82) is 0 Å². The first-order chi connectivity index (χ1) is 8.90. The fraction of sp³-hybridized carbons (Fsp3) is 0.273. The molecule has 4 nitrogen and oxygen atoms in total. The highest BCUT2D eigenvalue weighted by atomic mass is 32.1. The van der Waals surface area contributed by atoms with Crippen LogP contribution < -0.4 is 10.5 Å². The SMILES string of the molecule is CCc1nsc(Oc2ccc(C(F)(F)F)cc2N)n1. The second kappa shape index (κ2) is 5.04. The van der Waals surface area contributed by atoms with Crippen LogP contribution in [-0.4, -0.2) is 9.36 Å². The predicted octanol–water partition coefficient (Wildman–Crippen LogP) is 3.49. The van der Waals surface area contributed by atoms with Gasteiger partial charge in [0.1, 0.15) is 5.82 Å². The Bertz CT molecular complexity index is 583. The molecule has 0 unspecified atom stereocenters. The summed E-state index contributed by atoms with van der Waals surface area (Å²) < 4.78 is 46.7. The molecule has 0 aliphatic carbocycles. The number of halogens is 3. The molecule has 2 N–H and O–H groups in total. The van der Waals surface area contributed by atoms with E-state index in [-0.39, 0.29) is 16.6 Å². The lowest BCUT2D eigenvalue weighted by molar-refractivity contribution is -0.137. The van der Waals surface area contributed by atoms with E-state index < -0.39 is 11.7 Å². The van der Waals surface area contributed by atoms with E-state index in [1.54, 1.807) is 0 Å². The van der Waals surface area contributed by atoms with Crippen molar-refractivity contribution in [3.63, 3.8) is 0 Å². The number of aromatic nitrogens is 2. The van der Waals surface area contributed by atoms with Crippen molar-refractivity contribution in [2.75, 3.05) is 5.73 Å². The highest BCUT2D eigenvalue weighted by Crippen LogP contribution is 2.35. The molecule has 0 fully saturated rings. The molecule has 102 valence electrons. The molecule has 0 aliphatic rings. The molecule has 8 heteroatoms. The zero-order valence-corrected chi connectivity index (χ0v) is 10.7. The van der Waals surface area contributed by atoms with Gasteiger partial charge in [0, 0.05) is 18.0 Å². The van der Waals surface area contributed by atoms with Crippen LogP contribution in [0.4, 0.5) is 18.9 Å². The molecule has 0 saturated carbocycles. The van der Waals surface area contributed by atoms with Crippen molar-refractivity contribution in [2.45, 2.75) is 19.5 Å². The Morgan fingerprint density at radius 3 is 2.63 bits per heavy atom. The van der Waals surface area contributed by atoms with Gasteiger partial charge in [-0.2, -0.15) is 22.5 Å². The van der Waals surface area contributed by atoms with Gasteiger partial charge in [0.25, 0.3) is 5.19 Å². The summed E-state index contributed by atoms with van der Waals surface area (Å²) >= 11 is 1.03. The summed E-state index contributed by atoms with van der Waals surface area (Å²) in [4.78, 5) is 4.04. The second-order valence-electron chi connectivity index (χ2n) is 3.68. The molecule has 0 atom stereocenters. The number of benzene rings is 1. The summed E-state index contributed by atoms with van der Waals surface area (Å²) in [5, 5.41) is 0.253. The third-order valence-electron chi connectivity index (χ3n) is 2.30. The molecule has 2 aromatic rings. The van der Waals surface area contributed by atoms with Crippen LogP contribution in [0, 0.1) is 0 Å². The molecule has 0 bridgehead atoms. The number of rotatable bonds is 3. The summed E-state index contributed by atoms with van der Waals surface area (Å²) in [5.41, 5.74) is 4.63. The average molecular weight is 289 g/mol. The van der Waals surface area contributed by atoms with E-state index in [2.05, 4.69) is 9.36 Å². The predicted molar refractivity (Wildman–Crippen MR) is 65.2 cm³/mol. The zero-order valence-electron chi connectivity index (χ0n) is 9.86. The molecule has 19 heavy (non-hydrogen) atoms. The van der Waals surface area contributed by atoms with Crippen molar-refractivity contribution in [2.24, 2.45) is 0 Å². The van der Waals surface area contributed by atoms with Gasteiger partial charge in [-0.3, -0.25) is 0 Å². The van der Waals surface area contributed by atoms with Gasteiger partial charge in [-0.1, -0.05) is 6.92 Å². The minimum atomic E-state index is -4.43. The van der Waals surface area contributed by atoms with Crippen LogP contribution in [-0.2, 0) is 12.6 Å². The maximum atomic E-state index is 12.5. The molecular weight excluding hydrogens is 279 g/mol. The lowest BCUT2D eigenvalue weighted by atomic mass is 10.2. The average Bonchev–Trinajstić information content (AvgIpc) is 2.78. The molecule has 0 radical (unpaired) electrons. The van der Waals surface area contributed by atoms with E-state index in [4.69, 9.17) is 10.5 Å². The molecule has 0 amide bonds. The number of aryl methyl sites for hydroxylation is 1. The van der Waals surface area contributed by atoms with Gasteiger partial charge in [0.15, 0.2) is 5.75 Å². The van der Waals surface area contributed by atoms with Gasteiger partial charge in [0.2, 0.25) is 0 Å². The number of alkyl halides is 3. The van der Waals surface area contributed by atoms with Crippen LogP contribution in [0.5, 0.6) is 10.9 Å². The number of hydrogen-bond donors (Lipinski definition) is 1. The van der Waals surface area contributed by atoms with Crippen LogP contribution in [0.15, 0.2) is 18.2 Å².